The maximum Gasteiger partial charge on any atom is 0.262 e. The molecule has 1 amide bonds. The monoisotopic (exact) mass is 394 g/mol. The van der Waals surface area contributed by atoms with Crippen LogP contribution in [0.2, 0.25) is 0 Å². The number of para-hydroxylation sites is 1. The maximum atomic E-state index is 12.9. The van der Waals surface area contributed by atoms with Crippen LogP contribution in [0.25, 0.3) is 0 Å². The van der Waals surface area contributed by atoms with Gasteiger partial charge in [-0.3, -0.25) is 9.52 Å². The van der Waals surface area contributed by atoms with E-state index in [4.69, 9.17) is 0 Å². The Balaban J connectivity index is 1.89. The Hall–Kier alpha value is -3.12. The Bertz CT molecular complexity index is 1120. The molecule has 3 aromatic rings. The lowest BCUT2D eigenvalue weighted by molar-refractivity contribution is 0.102. The average molecular weight is 394 g/mol. The Morgan fingerprint density at radius 1 is 0.750 bits per heavy atom. The largest absolute Gasteiger partial charge is 0.322 e. The summed E-state index contributed by atoms with van der Waals surface area (Å²) in [5, 5.41) is 2.77. The van der Waals surface area contributed by atoms with E-state index in [0.717, 1.165) is 11.1 Å². The fourth-order valence-electron chi connectivity index (χ4n) is 2.77. The molecule has 0 unspecified atom stereocenters. The molecule has 0 saturated carbocycles. The Kier molecular flexibility index (Phi) is 5.51. The molecule has 0 heterocycles. The molecule has 5 nitrogen and oxygen atoms in total. The molecule has 0 bridgehead atoms. The van der Waals surface area contributed by atoms with Gasteiger partial charge in [0.15, 0.2) is 0 Å². The number of nitrogens with one attached hydrogen (secondary N) is 2. The molecule has 0 atom stereocenters. The van der Waals surface area contributed by atoms with Crippen molar-refractivity contribution in [1.82, 2.24) is 0 Å². The van der Waals surface area contributed by atoms with Gasteiger partial charge in [-0.15, -0.1) is 0 Å². The van der Waals surface area contributed by atoms with Crippen molar-refractivity contribution in [3.05, 3.63) is 89.0 Å². The third kappa shape index (κ3) is 4.40. The zero-order valence-corrected chi connectivity index (χ0v) is 16.8. The zero-order valence-electron chi connectivity index (χ0n) is 16.0. The summed E-state index contributed by atoms with van der Waals surface area (Å²) in [6, 6.07) is 19.0. The molecule has 144 valence electrons. The topological polar surface area (TPSA) is 75.3 Å². The number of rotatable bonds is 5. The fraction of sp³-hybridized carbons (Fsp3) is 0.136. The first-order valence-electron chi connectivity index (χ1n) is 8.83. The third-order valence-corrected chi connectivity index (χ3v) is 6.05. The lowest BCUT2D eigenvalue weighted by Gasteiger charge is -2.13. The standard InChI is InChI=1S/C22H22N2O3S/c1-15-10-12-20(13-17(15)3)24-28(26,27)21-14-18(11-9-16(21)2)22(25)23-19-7-5-4-6-8-19/h4-14,24H,1-3H3,(H,23,25). The van der Waals surface area contributed by atoms with Gasteiger partial charge >= 0.3 is 0 Å². The van der Waals surface area contributed by atoms with Gasteiger partial charge in [0.2, 0.25) is 0 Å². The van der Waals surface area contributed by atoms with E-state index in [1.165, 1.54) is 6.07 Å². The van der Waals surface area contributed by atoms with E-state index < -0.39 is 10.0 Å². The lowest BCUT2D eigenvalue weighted by atomic mass is 10.1. The van der Waals surface area contributed by atoms with E-state index in [1.807, 2.05) is 38.1 Å². The van der Waals surface area contributed by atoms with Crippen LogP contribution in [0, 0.1) is 20.8 Å². The smallest absolute Gasteiger partial charge is 0.262 e. The van der Waals surface area contributed by atoms with Gasteiger partial charge in [-0.25, -0.2) is 8.42 Å². The first-order chi connectivity index (χ1) is 13.3. The van der Waals surface area contributed by atoms with Crippen molar-refractivity contribution in [2.45, 2.75) is 25.7 Å². The van der Waals surface area contributed by atoms with Crippen LogP contribution in [-0.2, 0) is 10.0 Å². The van der Waals surface area contributed by atoms with E-state index in [0.29, 0.717) is 16.9 Å². The van der Waals surface area contributed by atoms with Crippen molar-refractivity contribution in [1.29, 1.82) is 0 Å². The van der Waals surface area contributed by atoms with E-state index in [9.17, 15) is 13.2 Å². The third-order valence-electron chi connectivity index (χ3n) is 4.53. The predicted molar refractivity (Wildman–Crippen MR) is 112 cm³/mol. The summed E-state index contributed by atoms with van der Waals surface area (Å²) in [5.74, 6) is -0.367. The summed E-state index contributed by atoms with van der Waals surface area (Å²) >= 11 is 0. The highest BCUT2D eigenvalue weighted by molar-refractivity contribution is 7.92. The van der Waals surface area contributed by atoms with Gasteiger partial charge in [0.1, 0.15) is 0 Å². The summed E-state index contributed by atoms with van der Waals surface area (Å²) in [6.07, 6.45) is 0. The second-order valence-electron chi connectivity index (χ2n) is 6.70. The molecule has 0 saturated heterocycles. The lowest BCUT2D eigenvalue weighted by Crippen LogP contribution is -2.17. The number of carbonyl (C=O) groups excluding carboxylic acids is 1. The predicted octanol–water partition coefficient (Wildman–Crippen LogP) is 4.66. The number of carbonyl (C=O) groups is 1. The number of hydrogen-bond donors (Lipinski definition) is 2. The van der Waals surface area contributed by atoms with Crippen LogP contribution in [0.3, 0.4) is 0 Å². The van der Waals surface area contributed by atoms with Gasteiger partial charge < -0.3 is 5.32 Å². The van der Waals surface area contributed by atoms with Crippen molar-refractivity contribution >= 4 is 27.3 Å². The van der Waals surface area contributed by atoms with E-state index in [1.54, 1.807) is 43.3 Å². The summed E-state index contributed by atoms with van der Waals surface area (Å²) < 4.78 is 28.4. The quantitative estimate of drug-likeness (QED) is 0.661. The highest BCUT2D eigenvalue weighted by atomic mass is 32.2. The zero-order chi connectivity index (χ0) is 20.3. The van der Waals surface area contributed by atoms with Crippen LogP contribution in [0.5, 0.6) is 0 Å². The van der Waals surface area contributed by atoms with E-state index in [2.05, 4.69) is 10.0 Å². The minimum Gasteiger partial charge on any atom is -0.322 e. The molecule has 6 heteroatoms. The van der Waals surface area contributed by atoms with Crippen molar-refractivity contribution < 1.29 is 13.2 Å². The summed E-state index contributed by atoms with van der Waals surface area (Å²) in [4.78, 5) is 12.6. The summed E-state index contributed by atoms with van der Waals surface area (Å²) in [6.45, 7) is 5.59. The first-order valence-corrected chi connectivity index (χ1v) is 10.3. The Labute approximate surface area is 165 Å². The molecule has 0 spiro atoms. The minimum atomic E-state index is -3.83. The van der Waals surface area contributed by atoms with Gasteiger partial charge in [-0.1, -0.05) is 30.3 Å². The van der Waals surface area contributed by atoms with Crippen molar-refractivity contribution in [3.63, 3.8) is 0 Å². The molecule has 2 N–H and O–H groups in total. The second kappa shape index (κ2) is 7.86. The van der Waals surface area contributed by atoms with Crippen LogP contribution >= 0.6 is 0 Å². The highest BCUT2D eigenvalue weighted by Crippen LogP contribution is 2.23. The average Bonchev–Trinajstić information content (AvgIpc) is 2.65. The van der Waals surface area contributed by atoms with Gasteiger partial charge in [0.05, 0.1) is 4.90 Å². The van der Waals surface area contributed by atoms with Gasteiger partial charge in [0, 0.05) is 16.9 Å². The van der Waals surface area contributed by atoms with Crippen molar-refractivity contribution in [2.24, 2.45) is 0 Å². The van der Waals surface area contributed by atoms with E-state index in [-0.39, 0.29) is 16.4 Å². The molecule has 0 radical (unpaired) electrons. The van der Waals surface area contributed by atoms with Crippen molar-refractivity contribution in [2.75, 3.05) is 10.0 Å². The maximum absolute atomic E-state index is 12.9. The highest BCUT2D eigenvalue weighted by Gasteiger charge is 2.19. The van der Waals surface area contributed by atoms with Crippen LogP contribution in [0.15, 0.2) is 71.6 Å². The summed E-state index contributed by atoms with van der Waals surface area (Å²) in [5.41, 5.74) is 4.04. The normalized spacial score (nSPS) is 11.1. The summed E-state index contributed by atoms with van der Waals surface area (Å²) in [7, 11) is -3.83. The molecule has 0 aliphatic rings. The number of anilines is 2. The minimum absolute atomic E-state index is 0.0754. The molecule has 3 rings (SSSR count). The number of hydrogen-bond acceptors (Lipinski definition) is 3. The van der Waals surface area contributed by atoms with Gasteiger partial charge in [-0.2, -0.15) is 0 Å². The Morgan fingerprint density at radius 2 is 1.43 bits per heavy atom. The van der Waals surface area contributed by atoms with Crippen molar-refractivity contribution in [3.8, 4) is 0 Å². The molecule has 0 aliphatic heterocycles. The molecule has 28 heavy (non-hydrogen) atoms. The number of aryl methyl sites for hydroxylation is 3. The molecular weight excluding hydrogens is 372 g/mol. The molecule has 0 aromatic heterocycles. The van der Waals surface area contributed by atoms with Gasteiger partial charge in [-0.05, 0) is 73.9 Å². The number of benzene rings is 3. The second-order valence-corrected chi connectivity index (χ2v) is 8.36. The van der Waals surface area contributed by atoms with Crippen LogP contribution in [-0.4, -0.2) is 14.3 Å². The molecule has 0 fully saturated rings. The molecular formula is C22H22N2O3S. The first kappa shape index (κ1) is 19.6. The van der Waals surface area contributed by atoms with Crippen LogP contribution in [0.1, 0.15) is 27.0 Å². The van der Waals surface area contributed by atoms with Crippen LogP contribution < -0.4 is 10.0 Å². The fourth-order valence-corrected chi connectivity index (χ4v) is 4.09. The molecule has 3 aromatic carbocycles. The van der Waals surface area contributed by atoms with E-state index >= 15 is 0 Å². The number of sulfonamides is 1. The van der Waals surface area contributed by atoms with Gasteiger partial charge in [0.25, 0.3) is 15.9 Å². The molecule has 0 aliphatic carbocycles. The Morgan fingerprint density at radius 3 is 2.11 bits per heavy atom. The van der Waals surface area contributed by atoms with Crippen LogP contribution in [0.4, 0.5) is 11.4 Å². The number of amides is 1. The SMILES string of the molecule is Cc1ccc(NS(=O)(=O)c2cc(C(=O)Nc3ccccc3)ccc2C)cc1C.